The number of carbonyl (C=O) groups excluding carboxylic acids is 2. The standard InChI is InChI=1S/C2F2O3/c3-1(5)2(6)7-4. The third-order valence-electron chi connectivity index (χ3n) is 0.231. The molecule has 0 saturated heterocycles. The average Bonchev–Trinajstić information content (AvgIpc) is 1.65. The Bertz CT molecular complexity index is 99.1. The minimum Gasteiger partial charge on any atom is -0.247 e. The molecule has 0 saturated carbocycles. The summed E-state index contributed by atoms with van der Waals surface area (Å²) in [6.45, 7) is 0. The van der Waals surface area contributed by atoms with Crippen LogP contribution in [0.1, 0.15) is 0 Å². The molecule has 0 N–H and O–H groups in total. The van der Waals surface area contributed by atoms with Gasteiger partial charge in [-0.3, -0.25) is 0 Å². The van der Waals surface area contributed by atoms with Gasteiger partial charge in [-0.15, -0.1) is 0 Å². The van der Waals surface area contributed by atoms with Crippen LogP contribution in [-0.4, -0.2) is 12.0 Å². The van der Waals surface area contributed by atoms with E-state index in [4.69, 9.17) is 4.79 Å². The molecular formula is C2F2O3. The van der Waals surface area contributed by atoms with Gasteiger partial charge in [0.1, 0.15) is 0 Å². The van der Waals surface area contributed by atoms with Gasteiger partial charge in [0.25, 0.3) is 0 Å². The zero-order chi connectivity index (χ0) is 5.86. The van der Waals surface area contributed by atoms with E-state index < -0.39 is 12.0 Å². The molecule has 0 aromatic carbocycles. The Kier molecular flexibility index (Phi) is 1.90. The summed E-state index contributed by atoms with van der Waals surface area (Å²) in [5, 5.41) is 0. The first-order valence-corrected chi connectivity index (χ1v) is 1.21. The summed E-state index contributed by atoms with van der Waals surface area (Å²) in [6.07, 6.45) is 0. The van der Waals surface area contributed by atoms with Crippen LogP contribution < -0.4 is 0 Å². The largest absolute Gasteiger partial charge is 0.448 e. The van der Waals surface area contributed by atoms with E-state index in [0.717, 1.165) is 0 Å². The summed E-state index contributed by atoms with van der Waals surface area (Å²) >= 11 is 0. The molecule has 0 aromatic rings. The van der Waals surface area contributed by atoms with Gasteiger partial charge in [0.15, 0.2) is 0 Å². The molecule has 0 unspecified atom stereocenters. The Labute approximate surface area is 36.8 Å². The molecule has 0 spiro atoms. The van der Waals surface area contributed by atoms with Gasteiger partial charge in [0.05, 0.1) is 0 Å². The summed E-state index contributed by atoms with van der Waals surface area (Å²) in [7, 11) is 0. The van der Waals surface area contributed by atoms with Crippen LogP contribution in [0.3, 0.4) is 0 Å². The minimum absolute atomic E-state index is 2.12. The number of halogens is 2. The van der Waals surface area contributed by atoms with E-state index in [2.05, 4.69) is 4.94 Å². The maximum Gasteiger partial charge on any atom is 0.448 e. The lowest BCUT2D eigenvalue weighted by atomic mass is 10.8. The van der Waals surface area contributed by atoms with Gasteiger partial charge in [-0.25, -0.2) is 14.5 Å². The molecule has 0 aliphatic rings. The lowest BCUT2D eigenvalue weighted by Gasteiger charge is -1.76. The smallest absolute Gasteiger partial charge is 0.247 e. The zero-order valence-corrected chi connectivity index (χ0v) is 2.98. The van der Waals surface area contributed by atoms with E-state index in [1.54, 1.807) is 0 Å². The van der Waals surface area contributed by atoms with E-state index in [-0.39, 0.29) is 0 Å². The fourth-order valence-electron chi connectivity index (χ4n) is 0.0303. The molecule has 7 heavy (non-hydrogen) atoms. The molecule has 0 heterocycles. The summed E-state index contributed by atoms with van der Waals surface area (Å²) in [6, 6.07) is -2.44. The van der Waals surface area contributed by atoms with Gasteiger partial charge in [-0.1, -0.05) is 0 Å². The Morgan fingerprint density at radius 3 is 1.86 bits per heavy atom. The maximum atomic E-state index is 10.7. The van der Waals surface area contributed by atoms with Crippen LogP contribution >= 0.6 is 0 Å². The highest BCUT2D eigenvalue weighted by Crippen LogP contribution is 1.79. The van der Waals surface area contributed by atoms with Gasteiger partial charge >= 0.3 is 12.0 Å². The molecule has 0 aliphatic carbocycles. The van der Waals surface area contributed by atoms with Crippen LogP contribution in [0.4, 0.5) is 8.92 Å². The van der Waals surface area contributed by atoms with Gasteiger partial charge in [-0.05, 0) is 0 Å². The van der Waals surface area contributed by atoms with Crippen LogP contribution in [0.15, 0.2) is 0 Å². The van der Waals surface area contributed by atoms with Crippen molar-refractivity contribution in [2.45, 2.75) is 0 Å². The molecule has 0 aliphatic heterocycles. The van der Waals surface area contributed by atoms with E-state index in [1.165, 1.54) is 0 Å². The van der Waals surface area contributed by atoms with Gasteiger partial charge in [0.2, 0.25) is 0 Å². The van der Waals surface area contributed by atoms with Crippen LogP contribution in [-0.2, 0) is 14.5 Å². The minimum atomic E-state index is -2.44. The SMILES string of the molecule is O=C(F)C(=O)OF. The van der Waals surface area contributed by atoms with Crippen molar-refractivity contribution in [3.63, 3.8) is 0 Å². The highest BCUT2D eigenvalue weighted by atomic mass is 19.3. The molecule has 0 bridgehead atoms. The Balaban J connectivity index is 3.58. The van der Waals surface area contributed by atoms with E-state index in [1.807, 2.05) is 0 Å². The molecule has 0 rings (SSSR count). The number of hydrogen-bond donors (Lipinski definition) is 0. The fourth-order valence-corrected chi connectivity index (χ4v) is 0.0303. The first kappa shape index (κ1) is 6.00. The van der Waals surface area contributed by atoms with E-state index >= 15 is 0 Å². The first-order valence-electron chi connectivity index (χ1n) is 1.21. The van der Waals surface area contributed by atoms with Crippen molar-refractivity contribution in [3.8, 4) is 0 Å². The molecule has 3 nitrogen and oxygen atoms in total. The highest BCUT2D eigenvalue weighted by molar-refractivity contribution is 6.28. The molecule has 5 heteroatoms. The van der Waals surface area contributed by atoms with E-state index in [0.29, 0.717) is 0 Å². The summed E-state index contributed by atoms with van der Waals surface area (Å²) in [5.41, 5.74) is 0. The topological polar surface area (TPSA) is 43.4 Å². The van der Waals surface area contributed by atoms with Crippen molar-refractivity contribution in [1.29, 1.82) is 0 Å². The van der Waals surface area contributed by atoms with Crippen molar-refractivity contribution in [3.05, 3.63) is 0 Å². The van der Waals surface area contributed by atoms with Crippen LogP contribution in [0.25, 0.3) is 0 Å². The van der Waals surface area contributed by atoms with Crippen molar-refractivity contribution in [2.75, 3.05) is 0 Å². The lowest BCUT2D eigenvalue weighted by Crippen LogP contribution is -2.06. The first-order chi connectivity index (χ1) is 3.18. The Hall–Kier alpha value is -1.00. The zero-order valence-electron chi connectivity index (χ0n) is 2.98. The fraction of sp³-hybridized carbons (Fsp3) is 0. The lowest BCUT2D eigenvalue weighted by molar-refractivity contribution is -0.189. The van der Waals surface area contributed by atoms with Crippen LogP contribution in [0.5, 0.6) is 0 Å². The molecule has 0 amide bonds. The van der Waals surface area contributed by atoms with Crippen LogP contribution in [0, 0.1) is 0 Å². The van der Waals surface area contributed by atoms with Gasteiger partial charge < -0.3 is 0 Å². The second-order valence-electron chi connectivity index (χ2n) is 0.638. The third-order valence-corrected chi connectivity index (χ3v) is 0.231. The molecule has 0 radical (unpaired) electrons. The summed E-state index contributed by atoms with van der Waals surface area (Å²) < 4.78 is 21.1. The quantitative estimate of drug-likeness (QED) is 0.350. The highest BCUT2D eigenvalue weighted by Gasteiger charge is 2.13. The number of hydrogen-bond acceptors (Lipinski definition) is 3. The monoisotopic (exact) mass is 110 g/mol. The number of carbonyl (C=O) groups is 2. The van der Waals surface area contributed by atoms with Crippen LogP contribution in [0.2, 0.25) is 0 Å². The summed E-state index contributed by atoms with van der Waals surface area (Å²) in [4.78, 5) is 20.3. The van der Waals surface area contributed by atoms with Crippen molar-refractivity contribution < 1.29 is 23.4 Å². The normalized spacial score (nSPS) is 7.71. The van der Waals surface area contributed by atoms with Gasteiger partial charge in [0, 0.05) is 4.53 Å². The van der Waals surface area contributed by atoms with E-state index in [9.17, 15) is 13.7 Å². The Morgan fingerprint density at radius 1 is 1.43 bits per heavy atom. The predicted octanol–water partition coefficient (Wildman–Crippen LogP) is -0.0898. The molecule has 40 valence electrons. The Morgan fingerprint density at radius 2 is 1.86 bits per heavy atom. The molecule has 0 fully saturated rings. The second kappa shape index (κ2) is 2.22. The van der Waals surface area contributed by atoms with Crippen molar-refractivity contribution in [2.24, 2.45) is 0 Å². The number of rotatable bonds is 1. The predicted molar refractivity (Wildman–Crippen MR) is 13.3 cm³/mol. The van der Waals surface area contributed by atoms with Crippen molar-refractivity contribution >= 4 is 12.0 Å². The van der Waals surface area contributed by atoms with Crippen molar-refractivity contribution in [1.82, 2.24) is 0 Å². The molecular weight excluding hydrogens is 110 g/mol. The maximum absolute atomic E-state index is 10.7. The summed E-state index contributed by atoms with van der Waals surface area (Å²) in [5.74, 6) is -2.12. The third kappa shape index (κ3) is 1.80. The van der Waals surface area contributed by atoms with Gasteiger partial charge in [-0.2, -0.15) is 4.39 Å². The molecule has 0 aromatic heterocycles. The molecule has 0 atom stereocenters. The average molecular weight is 110 g/mol. The second-order valence-corrected chi connectivity index (χ2v) is 0.638.